The van der Waals surface area contributed by atoms with E-state index in [-0.39, 0.29) is 28.7 Å². The Bertz CT molecular complexity index is 830. The van der Waals surface area contributed by atoms with Crippen molar-refractivity contribution in [2.45, 2.75) is 0 Å². The molecule has 0 unspecified atom stereocenters. The molecule has 2 amide bonds. The molecule has 0 fully saturated rings. The molecule has 0 saturated carbocycles. The fraction of sp³-hybridized carbons (Fsp3) is 0. The highest BCUT2D eigenvalue weighted by Crippen LogP contribution is 2.16. The summed E-state index contributed by atoms with van der Waals surface area (Å²) in [5.41, 5.74) is 0.938. The molecular weight excluding hydrogens is 340 g/mol. The summed E-state index contributed by atoms with van der Waals surface area (Å²) in [6.07, 6.45) is 0. The van der Waals surface area contributed by atoms with Gasteiger partial charge in [0.1, 0.15) is 11.0 Å². The summed E-state index contributed by atoms with van der Waals surface area (Å²) in [5, 5.41) is 5.28. The summed E-state index contributed by atoms with van der Waals surface area (Å²) in [6.45, 7) is 0. The predicted octanol–water partition coefficient (Wildman–Crippen LogP) is 3.63. The monoisotopic (exact) mass is 352 g/mol. The zero-order valence-corrected chi connectivity index (χ0v) is 13.7. The third kappa shape index (κ3) is 4.39. The van der Waals surface area contributed by atoms with Crippen molar-refractivity contribution in [2.24, 2.45) is 0 Å². The van der Waals surface area contributed by atoms with Crippen LogP contribution in [0.4, 0.5) is 11.8 Å². The van der Waals surface area contributed by atoms with Crippen molar-refractivity contribution in [2.75, 3.05) is 10.6 Å². The highest BCUT2D eigenvalue weighted by Gasteiger charge is 2.12. The molecule has 0 aliphatic heterocycles. The Kier molecular flexibility index (Phi) is 5.01. The first kappa shape index (κ1) is 16.6. The molecule has 6 nitrogen and oxygen atoms in total. The number of amides is 2. The van der Waals surface area contributed by atoms with Gasteiger partial charge in [0.15, 0.2) is 0 Å². The largest absolute Gasteiger partial charge is 0.306 e. The average Bonchev–Trinajstić information content (AvgIpc) is 2.62. The molecule has 0 atom stereocenters. The maximum absolute atomic E-state index is 12.2. The topological polar surface area (TPSA) is 84.0 Å². The minimum Gasteiger partial charge on any atom is -0.306 e. The van der Waals surface area contributed by atoms with Crippen LogP contribution >= 0.6 is 11.6 Å². The molecule has 7 heteroatoms. The maximum atomic E-state index is 12.2. The van der Waals surface area contributed by atoms with Crippen LogP contribution in [0.5, 0.6) is 0 Å². The minimum absolute atomic E-state index is 0.00437. The molecule has 0 bridgehead atoms. The van der Waals surface area contributed by atoms with E-state index in [1.807, 2.05) is 12.1 Å². The van der Waals surface area contributed by atoms with Crippen LogP contribution in [0.3, 0.4) is 0 Å². The molecule has 0 aliphatic carbocycles. The molecule has 0 saturated heterocycles. The predicted molar refractivity (Wildman–Crippen MR) is 95.8 cm³/mol. The molecule has 0 aliphatic rings. The van der Waals surface area contributed by atoms with Crippen LogP contribution in [0.1, 0.15) is 20.7 Å². The van der Waals surface area contributed by atoms with E-state index in [9.17, 15) is 9.59 Å². The number of carbonyl (C=O) groups excluding carboxylic acids is 2. The summed E-state index contributed by atoms with van der Waals surface area (Å²) in [6, 6.07) is 18.7. The molecule has 3 rings (SSSR count). The minimum atomic E-state index is -0.372. The zero-order valence-electron chi connectivity index (χ0n) is 12.9. The van der Waals surface area contributed by atoms with E-state index in [1.165, 1.54) is 6.07 Å². The number of nitrogens with one attached hydrogen (secondary N) is 2. The van der Waals surface area contributed by atoms with Gasteiger partial charge in [-0.3, -0.25) is 14.9 Å². The van der Waals surface area contributed by atoms with Crippen molar-refractivity contribution < 1.29 is 9.59 Å². The molecule has 0 spiro atoms. The van der Waals surface area contributed by atoms with E-state index in [2.05, 4.69) is 20.6 Å². The van der Waals surface area contributed by atoms with Gasteiger partial charge in [-0.25, -0.2) is 4.98 Å². The van der Waals surface area contributed by atoms with Gasteiger partial charge in [-0.05, 0) is 24.3 Å². The van der Waals surface area contributed by atoms with Gasteiger partial charge >= 0.3 is 0 Å². The van der Waals surface area contributed by atoms with Crippen molar-refractivity contribution in [1.82, 2.24) is 9.97 Å². The number of rotatable bonds is 4. The third-order valence-electron chi connectivity index (χ3n) is 3.23. The van der Waals surface area contributed by atoms with Gasteiger partial charge in [-0.15, -0.1) is 0 Å². The van der Waals surface area contributed by atoms with Gasteiger partial charge in [0.2, 0.25) is 5.95 Å². The molecule has 0 radical (unpaired) electrons. The molecule has 1 aromatic heterocycles. The highest BCUT2D eigenvalue weighted by atomic mass is 35.5. The molecular formula is C18H13ClN4O2. The summed E-state index contributed by atoms with van der Waals surface area (Å²) >= 11 is 5.96. The van der Waals surface area contributed by atoms with Gasteiger partial charge in [0.25, 0.3) is 11.8 Å². The summed E-state index contributed by atoms with van der Waals surface area (Å²) in [7, 11) is 0. The molecule has 1 heterocycles. The average molecular weight is 353 g/mol. The first-order chi connectivity index (χ1) is 12.1. The van der Waals surface area contributed by atoms with E-state index >= 15 is 0 Å². The van der Waals surface area contributed by atoms with E-state index in [0.29, 0.717) is 11.1 Å². The zero-order chi connectivity index (χ0) is 17.6. The van der Waals surface area contributed by atoms with E-state index in [1.54, 1.807) is 48.5 Å². The summed E-state index contributed by atoms with van der Waals surface area (Å²) < 4.78 is 0. The Morgan fingerprint density at radius 1 is 0.760 bits per heavy atom. The van der Waals surface area contributed by atoms with Crippen molar-refractivity contribution in [3.05, 3.63) is 83.0 Å². The fourth-order valence-corrected chi connectivity index (χ4v) is 2.26. The normalized spacial score (nSPS) is 10.1. The summed E-state index contributed by atoms with van der Waals surface area (Å²) in [4.78, 5) is 32.4. The van der Waals surface area contributed by atoms with Gasteiger partial charge in [-0.2, -0.15) is 4.98 Å². The number of hydrogen-bond acceptors (Lipinski definition) is 4. The van der Waals surface area contributed by atoms with E-state index in [0.717, 1.165) is 0 Å². The number of carbonyl (C=O) groups is 2. The smallest absolute Gasteiger partial charge is 0.258 e. The van der Waals surface area contributed by atoms with Crippen LogP contribution in [0.15, 0.2) is 66.7 Å². The first-order valence-electron chi connectivity index (χ1n) is 7.39. The van der Waals surface area contributed by atoms with Crippen LogP contribution in [-0.4, -0.2) is 21.8 Å². The number of aromatic nitrogens is 2. The first-order valence-corrected chi connectivity index (χ1v) is 7.77. The molecule has 2 aromatic carbocycles. The third-order valence-corrected chi connectivity index (χ3v) is 3.43. The molecule has 25 heavy (non-hydrogen) atoms. The van der Waals surface area contributed by atoms with E-state index < -0.39 is 0 Å². The Labute approximate surface area is 148 Å². The lowest BCUT2D eigenvalue weighted by Crippen LogP contribution is -2.17. The van der Waals surface area contributed by atoms with Crippen molar-refractivity contribution in [1.29, 1.82) is 0 Å². The second kappa shape index (κ2) is 7.55. The van der Waals surface area contributed by atoms with Gasteiger partial charge in [0.05, 0.1) is 0 Å². The van der Waals surface area contributed by atoms with Crippen LogP contribution < -0.4 is 10.6 Å². The fourth-order valence-electron chi connectivity index (χ4n) is 2.08. The lowest BCUT2D eigenvalue weighted by atomic mass is 10.2. The van der Waals surface area contributed by atoms with Gasteiger partial charge in [-0.1, -0.05) is 48.0 Å². The Morgan fingerprint density at radius 3 is 1.84 bits per heavy atom. The SMILES string of the molecule is O=C(Nc1cc(Cl)nc(NC(=O)c2ccccc2)n1)c1ccccc1. The summed E-state index contributed by atoms with van der Waals surface area (Å²) in [5.74, 6) is -0.513. The number of halogens is 1. The number of hydrogen-bond donors (Lipinski definition) is 2. The van der Waals surface area contributed by atoms with Crippen LogP contribution in [0.2, 0.25) is 5.15 Å². The Hall–Kier alpha value is -3.25. The standard InChI is InChI=1S/C18H13ClN4O2/c19-14-11-15(21-16(24)12-7-3-1-4-8-12)22-18(20-14)23-17(25)13-9-5-2-6-10-13/h1-11H,(H2,20,21,22,23,24,25). The van der Waals surface area contributed by atoms with Crippen molar-refractivity contribution in [3.63, 3.8) is 0 Å². The Balaban J connectivity index is 1.76. The quantitative estimate of drug-likeness (QED) is 0.702. The molecule has 2 N–H and O–H groups in total. The van der Waals surface area contributed by atoms with Crippen molar-refractivity contribution >= 4 is 35.2 Å². The maximum Gasteiger partial charge on any atom is 0.258 e. The van der Waals surface area contributed by atoms with Crippen LogP contribution in [-0.2, 0) is 0 Å². The number of anilines is 2. The number of benzene rings is 2. The number of nitrogens with zero attached hydrogens (tertiary/aromatic N) is 2. The molecule has 3 aromatic rings. The van der Waals surface area contributed by atoms with Crippen molar-refractivity contribution in [3.8, 4) is 0 Å². The van der Waals surface area contributed by atoms with Gasteiger partial charge in [0, 0.05) is 17.2 Å². The van der Waals surface area contributed by atoms with E-state index in [4.69, 9.17) is 11.6 Å². The van der Waals surface area contributed by atoms with Gasteiger partial charge < -0.3 is 5.32 Å². The highest BCUT2D eigenvalue weighted by molar-refractivity contribution is 6.29. The molecule has 124 valence electrons. The van der Waals surface area contributed by atoms with Crippen LogP contribution in [0.25, 0.3) is 0 Å². The Morgan fingerprint density at radius 2 is 1.28 bits per heavy atom. The van der Waals surface area contributed by atoms with Crippen LogP contribution in [0, 0.1) is 0 Å². The second-order valence-electron chi connectivity index (χ2n) is 5.04. The second-order valence-corrected chi connectivity index (χ2v) is 5.43. The lowest BCUT2D eigenvalue weighted by molar-refractivity contribution is 0.101. The lowest BCUT2D eigenvalue weighted by Gasteiger charge is -2.08.